The van der Waals surface area contributed by atoms with Crippen LogP contribution in [0, 0.1) is 13.8 Å². The van der Waals surface area contributed by atoms with Gasteiger partial charge in [-0.25, -0.2) is 9.89 Å². The van der Waals surface area contributed by atoms with E-state index in [0.29, 0.717) is 33.9 Å². The topological polar surface area (TPSA) is 141 Å². The van der Waals surface area contributed by atoms with E-state index in [1.54, 1.807) is 49.4 Å². The molecule has 0 spiro atoms. The molecule has 0 aliphatic carbocycles. The van der Waals surface area contributed by atoms with Crippen molar-refractivity contribution in [2.75, 3.05) is 10.4 Å². The van der Waals surface area contributed by atoms with Crippen LogP contribution in [0.1, 0.15) is 18.1 Å². The first-order valence-electron chi connectivity index (χ1n) is 11.1. The first-order chi connectivity index (χ1) is 17.3. The third-order valence-electron chi connectivity index (χ3n) is 5.92. The van der Waals surface area contributed by atoms with E-state index in [0.717, 1.165) is 15.8 Å². The first-order valence-corrected chi connectivity index (χ1v) is 11.1. The fourth-order valence-corrected chi connectivity index (χ4v) is 3.81. The van der Waals surface area contributed by atoms with Crippen molar-refractivity contribution in [2.45, 2.75) is 20.8 Å². The molecule has 11 nitrogen and oxygen atoms in total. The SMILES string of the molecule is CC1=NN(c2ccc(C)c(C)c2)C(=O)/C1=N\Nc1cccc(-c2cccc(-n3nn[nH]c3=O)c2)c1O. The molecule has 5 rings (SSSR count). The third kappa shape index (κ3) is 4.02. The van der Waals surface area contributed by atoms with Crippen LogP contribution >= 0.6 is 0 Å². The Balaban J connectivity index is 1.42. The highest BCUT2D eigenvalue weighted by Crippen LogP contribution is 2.36. The number of nitrogens with zero attached hydrogens (tertiary/aromatic N) is 6. The summed E-state index contributed by atoms with van der Waals surface area (Å²) in [6.07, 6.45) is 0. The van der Waals surface area contributed by atoms with Gasteiger partial charge in [0, 0.05) is 5.56 Å². The van der Waals surface area contributed by atoms with E-state index < -0.39 is 5.69 Å². The predicted octanol–water partition coefficient (Wildman–Crippen LogP) is 3.14. The Bertz CT molecular complexity index is 1620. The zero-order valence-corrected chi connectivity index (χ0v) is 19.7. The first kappa shape index (κ1) is 22.7. The summed E-state index contributed by atoms with van der Waals surface area (Å²) in [7, 11) is 0. The minimum atomic E-state index is -0.476. The number of anilines is 2. The van der Waals surface area contributed by atoms with Crippen LogP contribution < -0.4 is 16.1 Å². The van der Waals surface area contributed by atoms with E-state index in [1.807, 2.05) is 32.0 Å². The predicted molar refractivity (Wildman–Crippen MR) is 137 cm³/mol. The number of nitrogens with one attached hydrogen (secondary N) is 2. The molecule has 0 saturated carbocycles. The molecule has 36 heavy (non-hydrogen) atoms. The number of hydrazone groups is 2. The van der Waals surface area contributed by atoms with Gasteiger partial charge in [0.05, 0.1) is 22.8 Å². The Labute approximate surface area is 205 Å². The number of phenols is 1. The summed E-state index contributed by atoms with van der Waals surface area (Å²) in [6.45, 7) is 5.68. The maximum Gasteiger partial charge on any atom is 0.365 e. The van der Waals surface area contributed by atoms with Crippen molar-refractivity contribution < 1.29 is 9.90 Å². The lowest BCUT2D eigenvalue weighted by Gasteiger charge is -2.13. The van der Waals surface area contributed by atoms with Crippen molar-refractivity contribution >= 4 is 28.7 Å². The van der Waals surface area contributed by atoms with Crippen LogP contribution in [0.4, 0.5) is 11.4 Å². The van der Waals surface area contributed by atoms with Crippen molar-refractivity contribution in [2.24, 2.45) is 10.2 Å². The summed E-state index contributed by atoms with van der Waals surface area (Å²) >= 11 is 0. The average Bonchev–Trinajstić information content (AvgIpc) is 3.42. The van der Waals surface area contributed by atoms with Crippen LogP contribution in [-0.2, 0) is 4.79 Å². The van der Waals surface area contributed by atoms with Crippen LogP contribution in [0.15, 0.2) is 75.7 Å². The number of carbonyl (C=O) groups is 1. The highest BCUT2D eigenvalue weighted by atomic mass is 16.3. The number of para-hydroxylation sites is 1. The molecule has 1 aromatic heterocycles. The smallest absolute Gasteiger partial charge is 0.365 e. The minimum Gasteiger partial charge on any atom is -0.505 e. The second-order valence-electron chi connectivity index (χ2n) is 8.31. The summed E-state index contributed by atoms with van der Waals surface area (Å²) in [4.78, 5) is 24.9. The number of amides is 1. The molecule has 11 heteroatoms. The van der Waals surface area contributed by atoms with Gasteiger partial charge in [0.25, 0.3) is 0 Å². The van der Waals surface area contributed by atoms with Gasteiger partial charge in [0.1, 0.15) is 5.75 Å². The van der Waals surface area contributed by atoms with Gasteiger partial charge in [-0.3, -0.25) is 10.2 Å². The molecule has 0 atom stereocenters. The molecular formula is C25H22N8O3. The van der Waals surface area contributed by atoms with Crippen LogP contribution in [0.2, 0.25) is 0 Å². The number of phenolic OH excluding ortho intramolecular Hbond substituents is 1. The van der Waals surface area contributed by atoms with Crippen LogP contribution in [0.25, 0.3) is 16.8 Å². The molecule has 4 aromatic rings. The number of aromatic nitrogens is 4. The van der Waals surface area contributed by atoms with Gasteiger partial charge >= 0.3 is 11.6 Å². The second-order valence-corrected chi connectivity index (χ2v) is 8.31. The molecule has 3 N–H and O–H groups in total. The minimum absolute atomic E-state index is 0.0717. The number of aromatic amines is 1. The van der Waals surface area contributed by atoms with Gasteiger partial charge in [-0.2, -0.15) is 19.9 Å². The molecule has 0 saturated heterocycles. The van der Waals surface area contributed by atoms with Crippen molar-refractivity contribution in [1.29, 1.82) is 0 Å². The Morgan fingerprint density at radius 3 is 2.50 bits per heavy atom. The molecular weight excluding hydrogens is 460 g/mol. The largest absolute Gasteiger partial charge is 0.505 e. The fourth-order valence-electron chi connectivity index (χ4n) is 3.81. The van der Waals surface area contributed by atoms with Crippen LogP contribution in [0.5, 0.6) is 5.75 Å². The molecule has 1 aliphatic rings. The van der Waals surface area contributed by atoms with Gasteiger partial charge in [0.15, 0.2) is 5.71 Å². The Morgan fingerprint density at radius 2 is 1.75 bits per heavy atom. The zero-order valence-electron chi connectivity index (χ0n) is 19.7. The number of rotatable bonds is 5. The fraction of sp³-hybridized carbons (Fsp3) is 0.120. The van der Waals surface area contributed by atoms with Crippen molar-refractivity contribution in [3.05, 3.63) is 82.3 Å². The molecule has 3 aromatic carbocycles. The van der Waals surface area contributed by atoms with Crippen molar-refractivity contribution in [3.63, 3.8) is 0 Å². The summed E-state index contributed by atoms with van der Waals surface area (Å²) in [5, 5.41) is 30.4. The number of aryl methyl sites for hydroxylation is 2. The Kier molecular flexibility index (Phi) is 5.65. The lowest BCUT2D eigenvalue weighted by Crippen LogP contribution is -2.28. The summed E-state index contributed by atoms with van der Waals surface area (Å²) < 4.78 is 1.11. The Hall–Kier alpha value is -5.06. The summed E-state index contributed by atoms with van der Waals surface area (Å²) in [5.41, 5.74) is 7.67. The van der Waals surface area contributed by atoms with E-state index in [4.69, 9.17) is 0 Å². The van der Waals surface area contributed by atoms with E-state index in [-0.39, 0.29) is 17.4 Å². The average molecular weight is 483 g/mol. The number of hydrogen-bond acceptors (Lipinski definition) is 8. The monoisotopic (exact) mass is 482 g/mol. The molecule has 0 radical (unpaired) electrons. The Morgan fingerprint density at radius 1 is 0.944 bits per heavy atom. The number of aromatic hydroxyl groups is 1. The summed E-state index contributed by atoms with van der Waals surface area (Å²) in [5.74, 6) is -0.442. The van der Waals surface area contributed by atoms with E-state index >= 15 is 0 Å². The van der Waals surface area contributed by atoms with Crippen LogP contribution in [0.3, 0.4) is 0 Å². The van der Waals surface area contributed by atoms with Crippen LogP contribution in [-0.4, -0.2) is 42.6 Å². The second kappa shape index (κ2) is 8.95. The van der Waals surface area contributed by atoms with Gasteiger partial charge in [0.2, 0.25) is 0 Å². The number of hydrogen-bond donors (Lipinski definition) is 3. The molecule has 1 amide bonds. The molecule has 0 unspecified atom stereocenters. The highest BCUT2D eigenvalue weighted by Gasteiger charge is 2.31. The summed E-state index contributed by atoms with van der Waals surface area (Å²) in [6, 6.07) is 17.7. The molecule has 180 valence electrons. The van der Waals surface area contributed by atoms with Gasteiger partial charge in [-0.1, -0.05) is 30.3 Å². The maximum absolute atomic E-state index is 13.0. The molecule has 1 aliphatic heterocycles. The van der Waals surface area contributed by atoms with E-state index in [1.165, 1.54) is 5.01 Å². The van der Waals surface area contributed by atoms with Gasteiger partial charge in [-0.05, 0) is 78.2 Å². The number of benzene rings is 3. The number of H-pyrrole nitrogens is 1. The van der Waals surface area contributed by atoms with Gasteiger partial charge < -0.3 is 5.11 Å². The molecule has 2 heterocycles. The molecule has 0 bridgehead atoms. The quantitative estimate of drug-likeness (QED) is 0.295. The van der Waals surface area contributed by atoms with E-state index in [2.05, 4.69) is 31.2 Å². The van der Waals surface area contributed by atoms with E-state index in [9.17, 15) is 14.7 Å². The molecule has 0 fully saturated rings. The third-order valence-corrected chi connectivity index (χ3v) is 5.92. The zero-order chi connectivity index (χ0) is 25.4. The van der Waals surface area contributed by atoms with Crippen molar-refractivity contribution in [1.82, 2.24) is 20.2 Å². The normalized spacial score (nSPS) is 14.4. The lowest BCUT2D eigenvalue weighted by molar-refractivity contribution is -0.112. The lowest BCUT2D eigenvalue weighted by atomic mass is 10.0. The standard InChI is InChI=1S/C25H22N8O3/c1-14-10-11-19(12-15(14)2)32-24(35)22(16(3)29-32)27-26-21-9-5-8-20(23(21)34)17-6-4-7-18(13-17)33-25(36)28-30-31-33/h4-13,26,34H,1-3H3,(H,28,31,36)/b27-22-. The van der Waals surface area contributed by atoms with Crippen molar-refractivity contribution in [3.8, 4) is 22.6 Å². The number of carbonyl (C=O) groups excluding carboxylic acids is 1. The number of tetrazole rings is 1. The maximum atomic E-state index is 13.0. The van der Waals surface area contributed by atoms with Gasteiger partial charge in [-0.15, -0.1) is 0 Å². The highest BCUT2D eigenvalue weighted by molar-refractivity contribution is 6.71.